The molecule has 5 nitrogen and oxygen atoms in total. The van der Waals surface area contributed by atoms with Gasteiger partial charge in [-0.2, -0.15) is 13.2 Å². The number of carbonyl (C=O) groups excluding carboxylic acids is 2. The van der Waals surface area contributed by atoms with Crippen LogP contribution >= 0.6 is 11.3 Å². The lowest BCUT2D eigenvalue weighted by atomic mass is 10.1. The molecule has 0 unspecified atom stereocenters. The second-order valence-corrected chi connectivity index (χ2v) is 6.56. The van der Waals surface area contributed by atoms with Gasteiger partial charge in [0.1, 0.15) is 0 Å². The van der Waals surface area contributed by atoms with Gasteiger partial charge in [0.2, 0.25) is 5.91 Å². The molecule has 0 spiro atoms. The largest absolute Gasteiger partial charge is 0.471 e. The lowest BCUT2D eigenvalue weighted by Crippen LogP contribution is -3.12. The van der Waals surface area contributed by atoms with Crippen molar-refractivity contribution in [2.45, 2.75) is 18.6 Å². The average Bonchev–Trinajstić information content (AvgIpc) is 3.00. The molecular formula is C14H19F3N3O2S+. The van der Waals surface area contributed by atoms with E-state index >= 15 is 0 Å². The Morgan fingerprint density at radius 1 is 1.39 bits per heavy atom. The summed E-state index contributed by atoms with van der Waals surface area (Å²) >= 11 is 1.22. The van der Waals surface area contributed by atoms with Crippen molar-refractivity contribution in [2.24, 2.45) is 0 Å². The second-order valence-electron chi connectivity index (χ2n) is 5.58. The number of amides is 2. The van der Waals surface area contributed by atoms with E-state index in [1.807, 2.05) is 12.4 Å². The van der Waals surface area contributed by atoms with Crippen LogP contribution < -0.4 is 10.2 Å². The van der Waals surface area contributed by atoms with Crippen LogP contribution in [0.25, 0.3) is 0 Å². The van der Waals surface area contributed by atoms with Crippen molar-refractivity contribution >= 4 is 23.2 Å². The molecule has 2 rings (SSSR count). The predicted octanol–water partition coefficient (Wildman–Crippen LogP) is 0.215. The monoisotopic (exact) mass is 350 g/mol. The van der Waals surface area contributed by atoms with Gasteiger partial charge in [0.25, 0.3) is 0 Å². The molecule has 9 heteroatoms. The highest BCUT2D eigenvalue weighted by molar-refractivity contribution is 7.10. The quantitative estimate of drug-likeness (QED) is 0.816. The van der Waals surface area contributed by atoms with Crippen LogP contribution in [0, 0.1) is 0 Å². The number of hydrogen-bond donors (Lipinski definition) is 2. The third-order valence-electron chi connectivity index (χ3n) is 3.80. The van der Waals surface area contributed by atoms with Crippen molar-refractivity contribution in [1.29, 1.82) is 0 Å². The maximum Gasteiger partial charge on any atom is 0.471 e. The van der Waals surface area contributed by atoms with E-state index in [1.54, 1.807) is 22.4 Å². The fourth-order valence-corrected chi connectivity index (χ4v) is 3.17. The third kappa shape index (κ3) is 4.93. The second kappa shape index (κ2) is 7.31. The summed E-state index contributed by atoms with van der Waals surface area (Å²) in [5.74, 6) is -2.26. The number of thiophene rings is 1. The SMILES string of the molecule is C[NH+]1CCN(C(=O)C[C@H](NC(=O)C(F)(F)F)c2cccs2)CC1. The number of quaternary nitrogens is 1. The molecule has 1 saturated heterocycles. The number of hydrogen-bond acceptors (Lipinski definition) is 3. The molecule has 2 heterocycles. The van der Waals surface area contributed by atoms with Crippen LogP contribution in [-0.4, -0.2) is 56.1 Å². The van der Waals surface area contributed by atoms with Gasteiger partial charge in [-0.25, -0.2) is 0 Å². The van der Waals surface area contributed by atoms with Crippen LogP contribution in [0.5, 0.6) is 0 Å². The van der Waals surface area contributed by atoms with Gasteiger partial charge in [0.05, 0.1) is 45.7 Å². The first-order valence-electron chi connectivity index (χ1n) is 7.27. The van der Waals surface area contributed by atoms with Crippen molar-refractivity contribution in [3.05, 3.63) is 22.4 Å². The van der Waals surface area contributed by atoms with E-state index in [-0.39, 0.29) is 12.3 Å². The van der Waals surface area contributed by atoms with Gasteiger partial charge in [-0.3, -0.25) is 9.59 Å². The summed E-state index contributed by atoms with van der Waals surface area (Å²) in [4.78, 5) is 27.0. The Balaban J connectivity index is 2.03. The molecule has 0 aromatic carbocycles. The Hall–Kier alpha value is -1.61. The van der Waals surface area contributed by atoms with Gasteiger partial charge in [-0.15, -0.1) is 11.3 Å². The van der Waals surface area contributed by atoms with E-state index in [2.05, 4.69) is 0 Å². The van der Waals surface area contributed by atoms with Gasteiger partial charge >= 0.3 is 12.1 Å². The maximum atomic E-state index is 12.5. The first-order valence-corrected chi connectivity index (χ1v) is 8.15. The molecule has 1 aromatic rings. The van der Waals surface area contributed by atoms with Crippen molar-refractivity contribution < 1.29 is 27.7 Å². The molecule has 1 aromatic heterocycles. The summed E-state index contributed by atoms with van der Waals surface area (Å²) in [5.41, 5.74) is 0. The first-order chi connectivity index (χ1) is 10.8. The Labute approximate surface area is 136 Å². The molecule has 2 amide bonds. The number of carbonyl (C=O) groups is 2. The van der Waals surface area contributed by atoms with Crippen LogP contribution in [0.1, 0.15) is 17.3 Å². The third-order valence-corrected chi connectivity index (χ3v) is 4.78. The predicted molar refractivity (Wildman–Crippen MR) is 79.1 cm³/mol. The topological polar surface area (TPSA) is 53.9 Å². The number of nitrogens with one attached hydrogen (secondary N) is 2. The van der Waals surface area contributed by atoms with Crippen molar-refractivity contribution in [3.8, 4) is 0 Å². The molecule has 1 aliphatic rings. The summed E-state index contributed by atoms with van der Waals surface area (Å²) in [7, 11) is 2.03. The van der Waals surface area contributed by atoms with Gasteiger partial charge in [-0.1, -0.05) is 6.07 Å². The van der Waals surface area contributed by atoms with Crippen LogP contribution in [0.15, 0.2) is 17.5 Å². The number of nitrogens with zero attached hydrogens (tertiary/aromatic N) is 1. The molecular weight excluding hydrogens is 331 g/mol. The van der Waals surface area contributed by atoms with Crippen LogP contribution in [0.2, 0.25) is 0 Å². The van der Waals surface area contributed by atoms with E-state index in [0.29, 0.717) is 18.0 Å². The van der Waals surface area contributed by atoms with Crippen molar-refractivity contribution in [2.75, 3.05) is 33.2 Å². The minimum atomic E-state index is -4.96. The number of halogens is 3. The van der Waals surface area contributed by atoms with Gasteiger partial charge in [0, 0.05) is 4.88 Å². The van der Waals surface area contributed by atoms with E-state index < -0.39 is 18.1 Å². The summed E-state index contributed by atoms with van der Waals surface area (Å²) in [6.07, 6.45) is -5.13. The molecule has 1 atom stereocenters. The summed E-state index contributed by atoms with van der Waals surface area (Å²) in [6, 6.07) is 2.34. The van der Waals surface area contributed by atoms with Crippen LogP contribution in [-0.2, 0) is 9.59 Å². The zero-order chi connectivity index (χ0) is 17.0. The highest BCUT2D eigenvalue weighted by Gasteiger charge is 2.40. The average molecular weight is 350 g/mol. The number of rotatable bonds is 4. The van der Waals surface area contributed by atoms with Crippen molar-refractivity contribution in [1.82, 2.24) is 10.2 Å². The van der Waals surface area contributed by atoms with E-state index in [0.717, 1.165) is 13.1 Å². The maximum absolute atomic E-state index is 12.5. The number of piperazine rings is 1. The van der Waals surface area contributed by atoms with Gasteiger partial charge in [0.15, 0.2) is 0 Å². The molecule has 23 heavy (non-hydrogen) atoms. The van der Waals surface area contributed by atoms with Gasteiger partial charge < -0.3 is 15.1 Å². The van der Waals surface area contributed by atoms with E-state index in [1.165, 1.54) is 16.2 Å². The Morgan fingerprint density at radius 3 is 2.57 bits per heavy atom. The number of alkyl halides is 3. The lowest BCUT2D eigenvalue weighted by Gasteiger charge is -2.31. The summed E-state index contributed by atoms with van der Waals surface area (Å²) < 4.78 is 37.4. The Morgan fingerprint density at radius 2 is 2.04 bits per heavy atom. The molecule has 128 valence electrons. The lowest BCUT2D eigenvalue weighted by molar-refractivity contribution is -0.883. The van der Waals surface area contributed by atoms with Crippen LogP contribution in [0.3, 0.4) is 0 Å². The molecule has 1 aliphatic heterocycles. The fraction of sp³-hybridized carbons (Fsp3) is 0.571. The zero-order valence-corrected chi connectivity index (χ0v) is 13.5. The molecule has 2 N–H and O–H groups in total. The van der Waals surface area contributed by atoms with Crippen LogP contribution in [0.4, 0.5) is 13.2 Å². The highest BCUT2D eigenvalue weighted by Crippen LogP contribution is 2.25. The smallest absolute Gasteiger partial charge is 0.340 e. The van der Waals surface area contributed by atoms with Crippen molar-refractivity contribution in [3.63, 3.8) is 0 Å². The zero-order valence-electron chi connectivity index (χ0n) is 12.7. The summed E-state index contributed by atoms with van der Waals surface area (Å²) in [6.45, 7) is 2.78. The highest BCUT2D eigenvalue weighted by atomic mass is 32.1. The molecule has 1 fully saturated rings. The Kier molecular flexibility index (Phi) is 5.64. The number of likely N-dealkylation sites (N-methyl/N-ethyl adjacent to an activating group) is 1. The first kappa shape index (κ1) is 17.7. The standard InChI is InChI=1S/C14H18F3N3O2S/c1-19-4-6-20(7-5-19)12(21)9-10(11-3-2-8-23-11)18-13(22)14(15,16)17/h2-3,8,10H,4-7,9H2,1H3,(H,18,22)/p+1/t10-/m0/s1. The minimum absolute atomic E-state index is 0.165. The normalized spacial score (nSPS) is 17.8. The summed E-state index contributed by atoms with van der Waals surface area (Å²) in [5, 5.41) is 3.63. The fourth-order valence-electron chi connectivity index (χ4n) is 2.39. The minimum Gasteiger partial charge on any atom is -0.340 e. The van der Waals surface area contributed by atoms with E-state index in [4.69, 9.17) is 0 Å². The van der Waals surface area contributed by atoms with E-state index in [9.17, 15) is 22.8 Å². The molecule has 0 radical (unpaired) electrons. The Bertz CT molecular complexity index is 540. The molecule has 0 aliphatic carbocycles. The molecule has 0 bridgehead atoms. The molecule has 0 saturated carbocycles. The van der Waals surface area contributed by atoms with Gasteiger partial charge in [-0.05, 0) is 11.4 Å².